The second kappa shape index (κ2) is 3.06. The van der Waals surface area contributed by atoms with Crippen LogP contribution in [0.4, 0.5) is 5.95 Å². The molecule has 0 unspecified atom stereocenters. The zero-order valence-corrected chi connectivity index (χ0v) is 7.54. The summed E-state index contributed by atoms with van der Waals surface area (Å²) in [6.07, 6.45) is 1.61. The zero-order chi connectivity index (χ0) is 9.26. The summed E-state index contributed by atoms with van der Waals surface area (Å²) in [7, 11) is 0. The Morgan fingerprint density at radius 3 is 3.08 bits per heavy atom. The molecule has 2 heterocycles. The number of nitrogens with one attached hydrogen (secondary N) is 1. The predicted octanol–water partition coefficient (Wildman–Crippen LogP) is 1.16. The third-order valence-corrected chi connectivity index (χ3v) is 1.99. The van der Waals surface area contributed by atoms with Crippen LogP contribution in [0.5, 0.6) is 0 Å². The summed E-state index contributed by atoms with van der Waals surface area (Å²) < 4.78 is 7.31. The number of aromatic nitrogens is 3. The molecule has 0 aliphatic carbocycles. The maximum absolute atomic E-state index is 5.57. The normalized spacial score (nSPS) is 10.5. The highest BCUT2D eigenvalue weighted by Crippen LogP contribution is 2.06. The minimum absolute atomic E-state index is 0.362. The number of hydrogen-bond acceptors (Lipinski definition) is 4. The molecule has 68 valence electrons. The van der Waals surface area contributed by atoms with Gasteiger partial charge in [-0.25, -0.2) is 5.10 Å². The molecule has 2 aromatic heterocycles. The van der Waals surface area contributed by atoms with Crippen LogP contribution in [-0.4, -0.2) is 14.8 Å². The van der Waals surface area contributed by atoms with Gasteiger partial charge in [-0.15, -0.1) is 5.10 Å². The van der Waals surface area contributed by atoms with Gasteiger partial charge >= 0.3 is 0 Å². The number of nitrogen functional groups attached to an aromatic ring is 1. The molecule has 0 spiro atoms. The Bertz CT molecular complexity index is 441. The van der Waals surface area contributed by atoms with Crippen LogP contribution in [0, 0.1) is 4.77 Å². The first kappa shape index (κ1) is 8.06. The minimum atomic E-state index is 0.362. The van der Waals surface area contributed by atoms with Gasteiger partial charge in [0, 0.05) is 0 Å². The van der Waals surface area contributed by atoms with Crippen molar-refractivity contribution in [2.45, 2.75) is 6.54 Å². The molecule has 6 heteroatoms. The van der Waals surface area contributed by atoms with Crippen LogP contribution in [0.2, 0.25) is 0 Å². The van der Waals surface area contributed by atoms with Gasteiger partial charge in [0.2, 0.25) is 5.95 Å². The molecule has 3 N–H and O–H groups in total. The van der Waals surface area contributed by atoms with E-state index in [1.54, 1.807) is 10.8 Å². The summed E-state index contributed by atoms with van der Waals surface area (Å²) >= 11 is 4.97. The van der Waals surface area contributed by atoms with Gasteiger partial charge in [0.1, 0.15) is 5.76 Å². The average molecular weight is 196 g/mol. The Hall–Kier alpha value is -1.56. The molecule has 0 amide bonds. The van der Waals surface area contributed by atoms with E-state index < -0.39 is 0 Å². The molecule has 0 saturated heterocycles. The van der Waals surface area contributed by atoms with Gasteiger partial charge < -0.3 is 10.2 Å². The fourth-order valence-electron chi connectivity index (χ4n) is 1.04. The summed E-state index contributed by atoms with van der Waals surface area (Å²) in [6, 6.07) is 3.67. The van der Waals surface area contributed by atoms with Gasteiger partial charge in [-0.05, 0) is 24.4 Å². The van der Waals surface area contributed by atoms with Crippen molar-refractivity contribution in [3.63, 3.8) is 0 Å². The van der Waals surface area contributed by atoms with E-state index in [1.807, 2.05) is 12.1 Å². The van der Waals surface area contributed by atoms with Crippen molar-refractivity contribution in [3.05, 3.63) is 28.9 Å². The van der Waals surface area contributed by atoms with Crippen molar-refractivity contribution in [2.24, 2.45) is 0 Å². The topological polar surface area (TPSA) is 72.8 Å². The van der Waals surface area contributed by atoms with Crippen LogP contribution in [0.1, 0.15) is 5.76 Å². The Morgan fingerprint density at radius 1 is 1.69 bits per heavy atom. The summed E-state index contributed by atoms with van der Waals surface area (Å²) in [5.41, 5.74) is 5.57. The molecule has 0 atom stereocenters. The monoisotopic (exact) mass is 196 g/mol. The highest BCUT2D eigenvalue weighted by Gasteiger charge is 2.03. The highest BCUT2D eigenvalue weighted by molar-refractivity contribution is 7.71. The Kier molecular flexibility index (Phi) is 1.90. The van der Waals surface area contributed by atoms with Gasteiger partial charge in [-0.2, -0.15) is 0 Å². The van der Waals surface area contributed by atoms with Gasteiger partial charge in [-0.3, -0.25) is 4.57 Å². The lowest BCUT2D eigenvalue weighted by atomic mass is 10.4. The lowest BCUT2D eigenvalue weighted by Crippen LogP contribution is -2.03. The maximum Gasteiger partial charge on any atom is 0.220 e. The third-order valence-electron chi connectivity index (χ3n) is 1.68. The van der Waals surface area contributed by atoms with E-state index in [0.29, 0.717) is 17.3 Å². The van der Waals surface area contributed by atoms with Crippen molar-refractivity contribution >= 4 is 18.2 Å². The average Bonchev–Trinajstić information content (AvgIpc) is 2.70. The van der Waals surface area contributed by atoms with Crippen LogP contribution >= 0.6 is 12.2 Å². The van der Waals surface area contributed by atoms with E-state index >= 15 is 0 Å². The lowest BCUT2D eigenvalue weighted by Gasteiger charge is -1.99. The molecule has 0 saturated carbocycles. The standard InChI is InChI=1S/C7H8N4OS/c8-6-9-10-7(13)11(6)4-5-2-1-3-12-5/h1-3H,4H2,(H2,8,9)(H,10,13). The van der Waals surface area contributed by atoms with E-state index in [4.69, 9.17) is 22.4 Å². The van der Waals surface area contributed by atoms with E-state index in [-0.39, 0.29) is 0 Å². The first-order valence-electron chi connectivity index (χ1n) is 3.70. The molecular formula is C7H8N4OS. The van der Waals surface area contributed by atoms with Gasteiger partial charge in [0.05, 0.1) is 12.8 Å². The summed E-state index contributed by atoms with van der Waals surface area (Å²) in [4.78, 5) is 0. The SMILES string of the molecule is Nc1n[nH]c(=S)n1Cc1ccco1. The van der Waals surface area contributed by atoms with Crippen molar-refractivity contribution in [1.29, 1.82) is 0 Å². The number of rotatable bonds is 2. The molecule has 2 aromatic rings. The number of nitrogens with zero attached hydrogens (tertiary/aromatic N) is 2. The predicted molar refractivity (Wildman–Crippen MR) is 49.6 cm³/mol. The fraction of sp³-hybridized carbons (Fsp3) is 0.143. The van der Waals surface area contributed by atoms with E-state index in [9.17, 15) is 0 Å². The number of aromatic amines is 1. The third kappa shape index (κ3) is 1.48. The Labute approximate surface area is 79.2 Å². The maximum atomic E-state index is 5.57. The Balaban J connectivity index is 2.33. The quantitative estimate of drug-likeness (QED) is 0.707. The van der Waals surface area contributed by atoms with Crippen molar-refractivity contribution in [1.82, 2.24) is 14.8 Å². The van der Waals surface area contributed by atoms with E-state index in [1.165, 1.54) is 0 Å². The van der Waals surface area contributed by atoms with Crippen LogP contribution in [0.15, 0.2) is 22.8 Å². The van der Waals surface area contributed by atoms with Gasteiger partial charge in [-0.1, -0.05) is 0 Å². The van der Waals surface area contributed by atoms with Crippen LogP contribution in [-0.2, 0) is 6.54 Å². The smallest absolute Gasteiger partial charge is 0.220 e. The molecule has 5 nitrogen and oxygen atoms in total. The largest absolute Gasteiger partial charge is 0.467 e. The number of hydrogen-bond donors (Lipinski definition) is 2. The van der Waals surface area contributed by atoms with Gasteiger partial charge in [0.25, 0.3) is 0 Å². The van der Waals surface area contributed by atoms with Crippen LogP contribution in [0.3, 0.4) is 0 Å². The highest BCUT2D eigenvalue weighted by atomic mass is 32.1. The zero-order valence-electron chi connectivity index (χ0n) is 6.73. The second-order valence-electron chi connectivity index (χ2n) is 2.55. The van der Waals surface area contributed by atoms with Crippen molar-refractivity contribution in [3.8, 4) is 0 Å². The van der Waals surface area contributed by atoms with Crippen molar-refractivity contribution < 1.29 is 4.42 Å². The number of furan rings is 1. The fourth-order valence-corrected chi connectivity index (χ4v) is 1.24. The molecule has 13 heavy (non-hydrogen) atoms. The first-order valence-corrected chi connectivity index (χ1v) is 4.11. The summed E-state index contributed by atoms with van der Waals surface area (Å²) in [6.45, 7) is 0.508. The first-order chi connectivity index (χ1) is 6.27. The number of H-pyrrole nitrogens is 1. The summed E-state index contributed by atoms with van der Waals surface area (Å²) in [5.74, 6) is 1.16. The lowest BCUT2D eigenvalue weighted by molar-refractivity contribution is 0.493. The van der Waals surface area contributed by atoms with Crippen LogP contribution in [0.25, 0.3) is 0 Å². The molecule has 0 fully saturated rings. The molecule has 0 bridgehead atoms. The minimum Gasteiger partial charge on any atom is -0.467 e. The van der Waals surface area contributed by atoms with E-state index in [0.717, 1.165) is 5.76 Å². The van der Waals surface area contributed by atoms with E-state index in [2.05, 4.69) is 10.2 Å². The Morgan fingerprint density at radius 2 is 2.54 bits per heavy atom. The molecule has 0 aliphatic heterocycles. The van der Waals surface area contributed by atoms with Crippen LogP contribution < -0.4 is 5.73 Å². The molecule has 0 aromatic carbocycles. The van der Waals surface area contributed by atoms with Gasteiger partial charge in [0.15, 0.2) is 4.77 Å². The molecule has 0 aliphatic rings. The molecule has 2 rings (SSSR count). The molecule has 0 radical (unpaired) electrons. The van der Waals surface area contributed by atoms with Crippen molar-refractivity contribution in [2.75, 3.05) is 5.73 Å². The summed E-state index contributed by atoms with van der Waals surface area (Å²) in [5, 5.41) is 6.38. The molecular weight excluding hydrogens is 188 g/mol. The number of anilines is 1. The number of nitrogens with two attached hydrogens (primary N) is 1. The second-order valence-corrected chi connectivity index (χ2v) is 2.94.